The Bertz CT molecular complexity index is 821. The Morgan fingerprint density at radius 1 is 1.09 bits per heavy atom. The Hall–Kier alpha value is -2.22. The second-order valence-corrected chi connectivity index (χ2v) is 6.93. The molecule has 0 saturated carbocycles. The SMILES string of the molecule is O=S(=O)(Nc1cccnc1N1CCCC1)c1ccc(F)c(F)c1. The molecule has 1 saturated heterocycles. The van der Waals surface area contributed by atoms with Crippen LogP contribution in [0.5, 0.6) is 0 Å². The van der Waals surface area contributed by atoms with Gasteiger partial charge in [-0.15, -0.1) is 0 Å². The Kier molecular flexibility index (Phi) is 4.16. The first-order chi connectivity index (χ1) is 11.0. The molecule has 0 radical (unpaired) electrons. The first-order valence-corrected chi connectivity index (χ1v) is 8.63. The highest BCUT2D eigenvalue weighted by molar-refractivity contribution is 7.92. The van der Waals surface area contributed by atoms with E-state index in [1.165, 1.54) is 0 Å². The van der Waals surface area contributed by atoms with Crippen molar-refractivity contribution in [2.24, 2.45) is 0 Å². The van der Waals surface area contributed by atoms with Crippen LogP contribution in [0.25, 0.3) is 0 Å². The standard InChI is InChI=1S/C15H15F2N3O2S/c16-12-6-5-11(10-13(12)17)23(21,22)19-14-4-3-7-18-15(14)20-8-1-2-9-20/h3-7,10,19H,1-2,8-9H2. The van der Waals surface area contributed by atoms with Crippen LogP contribution in [-0.4, -0.2) is 26.5 Å². The average Bonchev–Trinajstić information content (AvgIpc) is 3.04. The average molecular weight is 339 g/mol. The van der Waals surface area contributed by atoms with Gasteiger partial charge in [-0.25, -0.2) is 22.2 Å². The van der Waals surface area contributed by atoms with Crippen molar-refractivity contribution in [3.05, 3.63) is 48.2 Å². The minimum absolute atomic E-state index is 0.319. The number of hydrogen-bond acceptors (Lipinski definition) is 4. The highest BCUT2D eigenvalue weighted by Gasteiger charge is 2.22. The van der Waals surface area contributed by atoms with Crippen molar-refractivity contribution in [3.8, 4) is 0 Å². The van der Waals surface area contributed by atoms with Gasteiger partial charge in [-0.1, -0.05) is 0 Å². The van der Waals surface area contributed by atoms with E-state index in [0.717, 1.165) is 38.1 Å². The first kappa shape index (κ1) is 15.7. The molecule has 2 heterocycles. The van der Waals surface area contributed by atoms with E-state index in [4.69, 9.17) is 0 Å². The fourth-order valence-electron chi connectivity index (χ4n) is 2.51. The van der Waals surface area contributed by atoms with Gasteiger partial charge in [-0.3, -0.25) is 4.72 Å². The maximum Gasteiger partial charge on any atom is 0.262 e. The molecule has 8 heteroatoms. The number of nitrogens with one attached hydrogen (secondary N) is 1. The van der Waals surface area contributed by atoms with Crippen molar-refractivity contribution in [1.29, 1.82) is 0 Å². The first-order valence-electron chi connectivity index (χ1n) is 7.15. The van der Waals surface area contributed by atoms with Gasteiger partial charge in [0.05, 0.1) is 10.6 Å². The van der Waals surface area contributed by atoms with Gasteiger partial charge >= 0.3 is 0 Å². The van der Waals surface area contributed by atoms with Gasteiger partial charge in [-0.05, 0) is 43.2 Å². The number of nitrogens with zero attached hydrogens (tertiary/aromatic N) is 2. The summed E-state index contributed by atoms with van der Waals surface area (Å²) in [5.41, 5.74) is 0.319. The second kappa shape index (κ2) is 6.11. The van der Waals surface area contributed by atoms with Gasteiger partial charge in [0, 0.05) is 19.3 Å². The van der Waals surface area contributed by atoms with Crippen molar-refractivity contribution >= 4 is 21.5 Å². The lowest BCUT2D eigenvalue weighted by atomic mass is 10.3. The summed E-state index contributed by atoms with van der Waals surface area (Å²) in [6.45, 7) is 1.60. The van der Waals surface area contributed by atoms with Gasteiger partial charge in [-0.2, -0.15) is 0 Å². The summed E-state index contributed by atoms with van der Waals surface area (Å²) in [7, 11) is -4.03. The van der Waals surface area contributed by atoms with Crippen molar-refractivity contribution in [3.63, 3.8) is 0 Å². The summed E-state index contributed by atoms with van der Waals surface area (Å²) in [5, 5.41) is 0. The molecule has 0 bridgehead atoms. The lowest BCUT2D eigenvalue weighted by Gasteiger charge is -2.20. The minimum Gasteiger partial charge on any atom is -0.355 e. The minimum atomic E-state index is -4.03. The molecule has 1 aromatic carbocycles. The lowest BCUT2D eigenvalue weighted by molar-refractivity contribution is 0.504. The van der Waals surface area contributed by atoms with E-state index in [-0.39, 0.29) is 4.90 Å². The topological polar surface area (TPSA) is 62.3 Å². The Morgan fingerprint density at radius 2 is 1.83 bits per heavy atom. The van der Waals surface area contributed by atoms with E-state index >= 15 is 0 Å². The molecule has 0 atom stereocenters. The van der Waals surface area contributed by atoms with Gasteiger partial charge in [0.15, 0.2) is 17.5 Å². The van der Waals surface area contributed by atoms with Crippen molar-refractivity contribution in [2.45, 2.75) is 17.7 Å². The van der Waals surface area contributed by atoms with Crippen molar-refractivity contribution in [1.82, 2.24) is 4.98 Å². The molecule has 23 heavy (non-hydrogen) atoms. The molecule has 5 nitrogen and oxygen atoms in total. The number of pyridine rings is 1. The molecule has 0 aliphatic carbocycles. The number of anilines is 2. The summed E-state index contributed by atoms with van der Waals surface area (Å²) in [6, 6.07) is 5.67. The van der Waals surface area contributed by atoms with E-state index in [2.05, 4.69) is 9.71 Å². The molecule has 0 amide bonds. The third-order valence-corrected chi connectivity index (χ3v) is 5.00. The van der Waals surface area contributed by atoms with Crippen LogP contribution < -0.4 is 9.62 Å². The Balaban J connectivity index is 1.93. The van der Waals surface area contributed by atoms with Crippen LogP contribution in [0.1, 0.15) is 12.8 Å². The highest BCUT2D eigenvalue weighted by atomic mass is 32.2. The van der Waals surface area contributed by atoms with Crippen molar-refractivity contribution < 1.29 is 17.2 Å². The molecule has 1 N–H and O–H groups in total. The van der Waals surface area contributed by atoms with E-state index in [1.54, 1.807) is 18.3 Å². The van der Waals surface area contributed by atoms with Crippen LogP contribution in [0.4, 0.5) is 20.3 Å². The largest absolute Gasteiger partial charge is 0.355 e. The van der Waals surface area contributed by atoms with Crippen LogP contribution in [0.2, 0.25) is 0 Å². The molecule has 1 aliphatic rings. The lowest BCUT2D eigenvalue weighted by Crippen LogP contribution is -2.22. The molecule has 3 rings (SSSR count). The number of hydrogen-bond donors (Lipinski definition) is 1. The molecule has 0 spiro atoms. The summed E-state index contributed by atoms with van der Waals surface area (Å²) < 4.78 is 53.4. The van der Waals surface area contributed by atoms with E-state index in [9.17, 15) is 17.2 Å². The second-order valence-electron chi connectivity index (χ2n) is 5.25. The normalized spacial score (nSPS) is 15.0. The van der Waals surface area contributed by atoms with Crippen LogP contribution in [0.3, 0.4) is 0 Å². The third kappa shape index (κ3) is 3.26. The van der Waals surface area contributed by atoms with Crippen LogP contribution >= 0.6 is 0 Å². The highest BCUT2D eigenvalue weighted by Crippen LogP contribution is 2.28. The smallest absolute Gasteiger partial charge is 0.262 e. The third-order valence-electron chi connectivity index (χ3n) is 3.64. The van der Waals surface area contributed by atoms with Gasteiger partial charge in [0.1, 0.15) is 0 Å². The summed E-state index contributed by atoms with van der Waals surface area (Å²) in [6.07, 6.45) is 3.63. The maximum atomic E-state index is 13.3. The molecule has 2 aromatic rings. The number of aromatic nitrogens is 1. The zero-order valence-electron chi connectivity index (χ0n) is 12.2. The number of sulfonamides is 1. The molecule has 0 unspecified atom stereocenters. The predicted octanol–water partition coefficient (Wildman–Crippen LogP) is 2.76. The molecule has 1 aromatic heterocycles. The molecule has 1 fully saturated rings. The summed E-state index contributed by atoms with van der Waals surface area (Å²) in [5.74, 6) is -1.77. The zero-order valence-corrected chi connectivity index (χ0v) is 13.0. The van der Waals surface area contributed by atoms with Gasteiger partial charge in [0.2, 0.25) is 0 Å². The Morgan fingerprint density at radius 3 is 2.52 bits per heavy atom. The quantitative estimate of drug-likeness (QED) is 0.930. The summed E-state index contributed by atoms with van der Waals surface area (Å²) >= 11 is 0. The van der Waals surface area contributed by atoms with E-state index in [1.807, 2.05) is 4.90 Å². The molecular weight excluding hydrogens is 324 g/mol. The maximum absolute atomic E-state index is 13.3. The van der Waals surface area contributed by atoms with E-state index in [0.29, 0.717) is 17.6 Å². The fourth-order valence-corrected chi connectivity index (χ4v) is 3.58. The number of rotatable bonds is 4. The van der Waals surface area contributed by atoms with Crippen LogP contribution in [0.15, 0.2) is 41.4 Å². The van der Waals surface area contributed by atoms with Gasteiger partial charge in [0.25, 0.3) is 10.0 Å². The predicted molar refractivity (Wildman–Crippen MR) is 82.9 cm³/mol. The number of benzene rings is 1. The zero-order chi connectivity index (χ0) is 16.4. The fraction of sp³-hybridized carbons (Fsp3) is 0.267. The van der Waals surface area contributed by atoms with Crippen LogP contribution in [-0.2, 0) is 10.0 Å². The van der Waals surface area contributed by atoms with Crippen molar-refractivity contribution in [2.75, 3.05) is 22.7 Å². The van der Waals surface area contributed by atoms with Crippen LogP contribution in [0, 0.1) is 11.6 Å². The molecule has 1 aliphatic heterocycles. The van der Waals surface area contributed by atoms with E-state index < -0.39 is 21.7 Å². The number of halogens is 2. The molecular formula is C15H15F2N3O2S. The molecule has 122 valence electrons. The van der Waals surface area contributed by atoms with Gasteiger partial charge < -0.3 is 4.90 Å². The monoisotopic (exact) mass is 339 g/mol. The summed E-state index contributed by atoms with van der Waals surface area (Å²) in [4.78, 5) is 5.88. The Labute approximate surface area is 133 Å².